The van der Waals surface area contributed by atoms with Gasteiger partial charge in [0.05, 0.1) is 0 Å². The summed E-state index contributed by atoms with van der Waals surface area (Å²) in [6.45, 7) is 5.28. The third kappa shape index (κ3) is 4.13. The zero-order valence-corrected chi connectivity index (χ0v) is 15.4. The number of hydrogen-bond acceptors (Lipinski definition) is 2. The molecule has 136 valence electrons. The number of hydrogen-bond donors (Lipinski definition) is 1. The summed E-state index contributed by atoms with van der Waals surface area (Å²) < 4.78 is 0. The van der Waals surface area contributed by atoms with Crippen molar-refractivity contribution in [3.63, 3.8) is 0 Å². The number of benzene rings is 2. The number of rotatable bonds is 6. The second kappa shape index (κ2) is 8.17. The summed E-state index contributed by atoms with van der Waals surface area (Å²) in [4.78, 5) is 27.0. The average Bonchev–Trinajstić information content (AvgIpc) is 3.02. The van der Waals surface area contributed by atoms with Gasteiger partial charge in [0.1, 0.15) is 5.92 Å². The van der Waals surface area contributed by atoms with Crippen LogP contribution in [0.4, 0.5) is 5.69 Å². The Bertz CT molecular complexity index is 771. The van der Waals surface area contributed by atoms with Gasteiger partial charge in [-0.2, -0.15) is 0 Å². The molecular weight excluding hydrogens is 324 g/mol. The van der Waals surface area contributed by atoms with E-state index >= 15 is 0 Å². The summed E-state index contributed by atoms with van der Waals surface area (Å²) in [6.07, 6.45) is 1.34. The van der Waals surface area contributed by atoms with Crippen molar-refractivity contribution in [1.82, 2.24) is 5.32 Å². The zero-order valence-electron chi connectivity index (χ0n) is 15.4. The number of carbonyl (C=O) groups excluding carboxylic acids is 2. The summed E-state index contributed by atoms with van der Waals surface area (Å²) in [7, 11) is 0. The Labute approximate surface area is 155 Å². The summed E-state index contributed by atoms with van der Waals surface area (Å²) in [6, 6.07) is 18.2. The van der Waals surface area contributed by atoms with Crippen LogP contribution in [-0.4, -0.2) is 24.9 Å². The molecule has 1 fully saturated rings. The molecule has 0 saturated carbocycles. The molecule has 2 aromatic rings. The maximum Gasteiger partial charge on any atom is 0.239 e. The molecule has 1 heterocycles. The van der Waals surface area contributed by atoms with Crippen LogP contribution in [0.5, 0.6) is 0 Å². The fourth-order valence-corrected chi connectivity index (χ4v) is 3.33. The van der Waals surface area contributed by atoms with E-state index in [1.807, 2.05) is 50.2 Å². The zero-order chi connectivity index (χ0) is 18.5. The summed E-state index contributed by atoms with van der Waals surface area (Å²) in [5.41, 5.74) is 3.23. The largest absolute Gasteiger partial charge is 0.355 e. The van der Waals surface area contributed by atoms with Gasteiger partial charge in [-0.1, -0.05) is 62.4 Å². The fraction of sp³-hybridized carbons (Fsp3) is 0.364. The van der Waals surface area contributed by atoms with Crippen molar-refractivity contribution in [2.24, 2.45) is 11.8 Å². The van der Waals surface area contributed by atoms with Crippen LogP contribution in [0.1, 0.15) is 31.4 Å². The van der Waals surface area contributed by atoms with E-state index in [2.05, 4.69) is 23.5 Å². The Balaban J connectivity index is 1.76. The van der Waals surface area contributed by atoms with Crippen molar-refractivity contribution in [3.8, 4) is 0 Å². The summed E-state index contributed by atoms with van der Waals surface area (Å²) in [5, 5.41) is 2.89. The number of carbonyl (C=O) groups is 2. The molecule has 4 heteroatoms. The van der Waals surface area contributed by atoms with Gasteiger partial charge in [0.2, 0.25) is 11.8 Å². The van der Waals surface area contributed by atoms with E-state index in [9.17, 15) is 9.59 Å². The lowest BCUT2D eigenvalue weighted by Gasteiger charge is -2.20. The van der Waals surface area contributed by atoms with Gasteiger partial charge in [0, 0.05) is 18.8 Å². The summed E-state index contributed by atoms with van der Waals surface area (Å²) >= 11 is 0. The second-order valence-electron chi connectivity index (χ2n) is 7.26. The van der Waals surface area contributed by atoms with Crippen LogP contribution in [-0.2, 0) is 16.0 Å². The topological polar surface area (TPSA) is 49.4 Å². The van der Waals surface area contributed by atoms with E-state index < -0.39 is 5.92 Å². The first kappa shape index (κ1) is 18.2. The normalized spacial score (nSPS) is 17.0. The molecule has 1 aliphatic heterocycles. The van der Waals surface area contributed by atoms with Crippen LogP contribution in [0.3, 0.4) is 0 Å². The number of nitrogens with one attached hydrogen (secondary N) is 1. The van der Waals surface area contributed by atoms with Crippen LogP contribution in [0, 0.1) is 11.8 Å². The minimum Gasteiger partial charge on any atom is -0.355 e. The van der Waals surface area contributed by atoms with Crippen molar-refractivity contribution in [2.75, 3.05) is 18.0 Å². The van der Waals surface area contributed by atoms with Gasteiger partial charge in [-0.05, 0) is 36.0 Å². The maximum atomic E-state index is 12.9. The number of amides is 2. The molecule has 0 unspecified atom stereocenters. The second-order valence-corrected chi connectivity index (χ2v) is 7.26. The fourth-order valence-electron chi connectivity index (χ4n) is 3.33. The summed E-state index contributed by atoms with van der Waals surface area (Å²) in [5.74, 6) is -0.435. The smallest absolute Gasteiger partial charge is 0.239 e. The van der Waals surface area contributed by atoms with Crippen LogP contribution < -0.4 is 10.2 Å². The van der Waals surface area contributed by atoms with Crippen molar-refractivity contribution in [1.29, 1.82) is 0 Å². The van der Waals surface area contributed by atoms with Gasteiger partial charge in [-0.15, -0.1) is 0 Å². The minimum absolute atomic E-state index is 0.0910. The molecule has 26 heavy (non-hydrogen) atoms. The Morgan fingerprint density at radius 3 is 2.54 bits per heavy atom. The van der Waals surface area contributed by atoms with Gasteiger partial charge < -0.3 is 10.2 Å². The number of para-hydroxylation sites is 1. The van der Waals surface area contributed by atoms with Crippen LogP contribution in [0.15, 0.2) is 54.6 Å². The van der Waals surface area contributed by atoms with Crippen LogP contribution >= 0.6 is 0 Å². The molecule has 2 aromatic carbocycles. The molecule has 0 bridgehead atoms. The minimum atomic E-state index is -0.571. The van der Waals surface area contributed by atoms with E-state index in [0.29, 0.717) is 25.4 Å². The third-order valence-electron chi connectivity index (χ3n) is 4.73. The van der Waals surface area contributed by atoms with Crippen molar-refractivity contribution >= 4 is 17.5 Å². The monoisotopic (exact) mass is 350 g/mol. The highest BCUT2D eigenvalue weighted by Gasteiger charge is 2.38. The lowest BCUT2D eigenvalue weighted by molar-refractivity contribution is -0.132. The standard InChI is InChI=1S/C22H26N2O2/c1-16(2)15-23-21(25)19-12-13-24(22(19)26)20-11-7-6-10-18(20)14-17-8-4-3-5-9-17/h3-11,16,19H,12-15H2,1-2H3,(H,23,25)/t19-/m1/s1. The molecule has 0 spiro atoms. The van der Waals surface area contributed by atoms with Gasteiger partial charge in [0.25, 0.3) is 0 Å². The Morgan fingerprint density at radius 2 is 1.81 bits per heavy atom. The van der Waals surface area contributed by atoms with Crippen molar-refractivity contribution in [2.45, 2.75) is 26.7 Å². The van der Waals surface area contributed by atoms with Crippen molar-refractivity contribution in [3.05, 3.63) is 65.7 Å². The SMILES string of the molecule is CC(C)CNC(=O)[C@H]1CCN(c2ccccc2Cc2ccccc2)C1=O. The Morgan fingerprint density at radius 1 is 1.12 bits per heavy atom. The molecule has 1 atom stereocenters. The van der Waals surface area contributed by atoms with E-state index in [0.717, 1.165) is 17.7 Å². The molecule has 1 aliphatic rings. The van der Waals surface area contributed by atoms with E-state index in [4.69, 9.17) is 0 Å². The molecule has 0 radical (unpaired) electrons. The highest BCUT2D eigenvalue weighted by atomic mass is 16.2. The van der Waals surface area contributed by atoms with Crippen molar-refractivity contribution < 1.29 is 9.59 Å². The van der Waals surface area contributed by atoms with E-state index in [-0.39, 0.29) is 11.8 Å². The first-order chi connectivity index (χ1) is 12.6. The van der Waals surface area contributed by atoms with Gasteiger partial charge in [-0.25, -0.2) is 0 Å². The highest BCUT2D eigenvalue weighted by molar-refractivity contribution is 6.09. The highest BCUT2D eigenvalue weighted by Crippen LogP contribution is 2.29. The van der Waals surface area contributed by atoms with Gasteiger partial charge >= 0.3 is 0 Å². The molecule has 4 nitrogen and oxygen atoms in total. The Kier molecular flexibility index (Phi) is 5.71. The Hall–Kier alpha value is -2.62. The van der Waals surface area contributed by atoms with Crippen LogP contribution in [0.2, 0.25) is 0 Å². The maximum absolute atomic E-state index is 12.9. The average molecular weight is 350 g/mol. The van der Waals surface area contributed by atoms with E-state index in [1.54, 1.807) is 4.90 Å². The predicted octanol–water partition coefficient (Wildman–Crippen LogP) is 3.40. The number of nitrogens with zero attached hydrogens (tertiary/aromatic N) is 1. The molecule has 2 amide bonds. The number of anilines is 1. The van der Waals surface area contributed by atoms with Gasteiger partial charge in [0.15, 0.2) is 0 Å². The first-order valence-electron chi connectivity index (χ1n) is 9.27. The van der Waals surface area contributed by atoms with Gasteiger partial charge in [-0.3, -0.25) is 9.59 Å². The molecule has 3 rings (SSSR count). The molecule has 1 N–H and O–H groups in total. The third-order valence-corrected chi connectivity index (χ3v) is 4.73. The molecule has 0 aliphatic carbocycles. The lowest BCUT2D eigenvalue weighted by Crippen LogP contribution is -2.38. The molecule has 0 aromatic heterocycles. The first-order valence-corrected chi connectivity index (χ1v) is 9.27. The van der Waals surface area contributed by atoms with Crippen LogP contribution in [0.25, 0.3) is 0 Å². The predicted molar refractivity (Wildman–Crippen MR) is 104 cm³/mol. The molecule has 1 saturated heterocycles. The lowest BCUT2D eigenvalue weighted by atomic mass is 10.0. The quantitative estimate of drug-likeness (QED) is 0.812. The van der Waals surface area contributed by atoms with E-state index in [1.165, 1.54) is 5.56 Å². The molecular formula is C22H26N2O2.